The van der Waals surface area contributed by atoms with Crippen LogP contribution in [-0.2, 0) is 0 Å². The number of benzene rings is 2. The third-order valence-electron chi connectivity index (χ3n) is 3.01. The fourth-order valence-corrected chi connectivity index (χ4v) is 2.03. The molecule has 3 rings (SSSR count). The van der Waals surface area contributed by atoms with Gasteiger partial charge in [0.1, 0.15) is 5.82 Å². The first kappa shape index (κ1) is 11.6. The third-order valence-corrected chi connectivity index (χ3v) is 3.01. The standard InChI is InChI=1S/C17H12FN/c18-16-11-17(14-9-5-2-6-10-14)19-12-15(16)13-7-3-1-4-8-13/h1-12H. The zero-order chi connectivity index (χ0) is 13.1. The van der Waals surface area contributed by atoms with Crippen molar-refractivity contribution in [2.24, 2.45) is 0 Å². The van der Waals surface area contributed by atoms with Crippen LogP contribution in [0.2, 0.25) is 0 Å². The Kier molecular flexibility index (Phi) is 3.07. The van der Waals surface area contributed by atoms with Crippen LogP contribution in [0.4, 0.5) is 4.39 Å². The highest BCUT2D eigenvalue weighted by Crippen LogP contribution is 2.25. The normalized spacial score (nSPS) is 10.4. The van der Waals surface area contributed by atoms with Crippen LogP contribution in [0.3, 0.4) is 0 Å². The van der Waals surface area contributed by atoms with Gasteiger partial charge in [0.15, 0.2) is 0 Å². The average molecular weight is 249 g/mol. The number of hydrogen-bond acceptors (Lipinski definition) is 1. The van der Waals surface area contributed by atoms with Crippen molar-refractivity contribution in [1.29, 1.82) is 0 Å². The molecule has 1 nitrogen and oxygen atoms in total. The molecule has 19 heavy (non-hydrogen) atoms. The van der Waals surface area contributed by atoms with E-state index >= 15 is 0 Å². The molecule has 2 aromatic carbocycles. The number of rotatable bonds is 2. The molecule has 0 spiro atoms. The minimum absolute atomic E-state index is 0.250. The van der Waals surface area contributed by atoms with Gasteiger partial charge in [-0.05, 0) is 5.56 Å². The minimum Gasteiger partial charge on any atom is -0.255 e. The lowest BCUT2D eigenvalue weighted by Crippen LogP contribution is -1.90. The fraction of sp³-hybridized carbons (Fsp3) is 0. The van der Waals surface area contributed by atoms with Gasteiger partial charge < -0.3 is 0 Å². The van der Waals surface area contributed by atoms with Crippen molar-refractivity contribution >= 4 is 0 Å². The second-order valence-corrected chi connectivity index (χ2v) is 4.28. The highest BCUT2D eigenvalue weighted by Gasteiger charge is 2.07. The summed E-state index contributed by atoms with van der Waals surface area (Å²) in [4.78, 5) is 4.35. The molecule has 0 aliphatic carbocycles. The molecule has 2 heteroatoms. The maximum absolute atomic E-state index is 14.2. The van der Waals surface area contributed by atoms with Crippen LogP contribution in [0.25, 0.3) is 22.4 Å². The van der Waals surface area contributed by atoms with Gasteiger partial charge in [0.2, 0.25) is 0 Å². The largest absolute Gasteiger partial charge is 0.255 e. The second kappa shape index (κ2) is 5.02. The molecule has 0 N–H and O–H groups in total. The van der Waals surface area contributed by atoms with E-state index in [9.17, 15) is 4.39 Å². The Labute approximate surface area is 111 Å². The lowest BCUT2D eigenvalue weighted by Gasteiger charge is -2.05. The summed E-state index contributed by atoms with van der Waals surface area (Å²) in [6, 6.07) is 20.5. The van der Waals surface area contributed by atoms with Gasteiger partial charge in [0, 0.05) is 23.4 Å². The Morgan fingerprint density at radius 2 is 1.32 bits per heavy atom. The summed E-state index contributed by atoms with van der Waals surface area (Å²) in [5.41, 5.74) is 2.94. The van der Waals surface area contributed by atoms with Crippen LogP contribution in [0.15, 0.2) is 72.9 Å². The first-order valence-corrected chi connectivity index (χ1v) is 6.11. The Hall–Kier alpha value is -2.48. The van der Waals surface area contributed by atoms with E-state index in [2.05, 4.69) is 4.98 Å². The van der Waals surface area contributed by atoms with E-state index in [-0.39, 0.29) is 5.82 Å². The van der Waals surface area contributed by atoms with Crippen molar-refractivity contribution in [3.8, 4) is 22.4 Å². The molecule has 0 radical (unpaired) electrons. The van der Waals surface area contributed by atoms with E-state index in [1.165, 1.54) is 6.07 Å². The highest BCUT2D eigenvalue weighted by atomic mass is 19.1. The predicted molar refractivity (Wildman–Crippen MR) is 75.1 cm³/mol. The monoisotopic (exact) mass is 249 g/mol. The van der Waals surface area contributed by atoms with Gasteiger partial charge in [-0.1, -0.05) is 60.7 Å². The second-order valence-electron chi connectivity index (χ2n) is 4.28. The van der Waals surface area contributed by atoms with Crippen LogP contribution in [0.1, 0.15) is 0 Å². The Morgan fingerprint density at radius 1 is 0.737 bits per heavy atom. The van der Waals surface area contributed by atoms with Gasteiger partial charge in [0.25, 0.3) is 0 Å². The van der Waals surface area contributed by atoms with E-state index in [1.807, 2.05) is 60.7 Å². The molecule has 0 saturated carbocycles. The first-order chi connectivity index (χ1) is 9.34. The van der Waals surface area contributed by atoms with Gasteiger partial charge >= 0.3 is 0 Å². The van der Waals surface area contributed by atoms with Crippen LogP contribution in [-0.4, -0.2) is 4.98 Å². The summed E-state index contributed by atoms with van der Waals surface area (Å²) in [6.45, 7) is 0. The number of nitrogens with zero attached hydrogens (tertiary/aromatic N) is 1. The fourth-order valence-electron chi connectivity index (χ4n) is 2.03. The number of aromatic nitrogens is 1. The molecule has 0 aliphatic heterocycles. The Morgan fingerprint density at radius 3 is 1.89 bits per heavy atom. The van der Waals surface area contributed by atoms with E-state index < -0.39 is 0 Å². The number of halogens is 1. The topological polar surface area (TPSA) is 12.9 Å². The smallest absolute Gasteiger partial charge is 0.134 e. The first-order valence-electron chi connectivity index (χ1n) is 6.11. The summed E-state index contributed by atoms with van der Waals surface area (Å²) in [5.74, 6) is -0.250. The molecule has 1 heterocycles. The number of hydrogen-bond donors (Lipinski definition) is 0. The van der Waals surface area contributed by atoms with E-state index in [0.717, 1.165) is 11.1 Å². The summed E-state index contributed by atoms with van der Waals surface area (Å²) >= 11 is 0. The van der Waals surface area contributed by atoms with E-state index in [1.54, 1.807) is 6.20 Å². The van der Waals surface area contributed by atoms with Crippen molar-refractivity contribution < 1.29 is 4.39 Å². The van der Waals surface area contributed by atoms with Crippen molar-refractivity contribution in [3.63, 3.8) is 0 Å². The molecule has 0 saturated heterocycles. The van der Waals surface area contributed by atoms with E-state index in [0.29, 0.717) is 11.3 Å². The Balaban J connectivity index is 2.04. The zero-order valence-electron chi connectivity index (χ0n) is 10.3. The maximum Gasteiger partial charge on any atom is 0.134 e. The molecule has 0 bridgehead atoms. The van der Waals surface area contributed by atoms with Gasteiger partial charge in [-0.15, -0.1) is 0 Å². The lowest BCUT2D eigenvalue weighted by molar-refractivity contribution is 0.630. The highest BCUT2D eigenvalue weighted by molar-refractivity contribution is 5.67. The van der Waals surface area contributed by atoms with Crippen LogP contribution >= 0.6 is 0 Å². The SMILES string of the molecule is Fc1cc(-c2ccccc2)ncc1-c1ccccc1. The summed E-state index contributed by atoms with van der Waals surface area (Å²) in [5, 5.41) is 0. The summed E-state index contributed by atoms with van der Waals surface area (Å²) < 4.78 is 14.2. The molecular weight excluding hydrogens is 237 g/mol. The number of pyridine rings is 1. The molecule has 0 atom stereocenters. The van der Waals surface area contributed by atoms with Crippen molar-refractivity contribution in [3.05, 3.63) is 78.7 Å². The third kappa shape index (κ3) is 2.38. The Bertz CT molecular complexity index is 678. The van der Waals surface area contributed by atoms with Gasteiger partial charge in [0.05, 0.1) is 5.69 Å². The molecule has 3 aromatic rings. The van der Waals surface area contributed by atoms with Crippen LogP contribution in [0, 0.1) is 5.82 Å². The van der Waals surface area contributed by atoms with Crippen molar-refractivity contribution in [2.75, 3.05) is 0 Å². The van der Waals surface area contributed by atoms with Crippen LogP contribution < -0.4 is 0 Å². The van der Waals surface area contributed by atoms with E-state index in [4.69, 9.17) is 0 Å². The van der Waals surface area contributed by atoms with Crippen LogP contribution in [0.5, 0.6) is 0 Å². The molecule has 92 valence electrons. The van der Waals surface area contributed by atoms with Gasteiger partial charge in [-0.25, -0.2) is 4.39 Å². The molecule has 1 aromatic heterocycles. The average Bonchev–Trinajstić information content (AvgIpc) is 2.49. The quantitative estimate of drug-likeness (QED) is 0.649. The van der Waals surface area contributed by atoms with Gasteiger partial charge in [-0.3, -0.25) is 4.98 Å². The van der Waals surface area contributed by atoms with Crippen molar-refractivity contribution in [2.45, 2.75) is 0 Å². The predicted octanol–water partition coefficient (Wildman–Crippen LogP) is 4.55. The summed E-state index contributed by atoms with van der Waals surface area (Å²) in [7, 11) is 0. The van der Waals surface area contributed by atoms with Gasteiger partial charge in [-0.2, -0.15) is 0 Å². The van der Waals surface area contributed by atoms with Crippen molar-refractivity contribution in [1.82, 2.24) is 4.98 Å². The molecule has 0 amide bonds. The molecule has 0 aliphatic rings. The maximum atomic E-state index is 14.2. The summed E-state index contributed by atoms with van der Waals surface area (Å²) in [6.07, 6.45) is 1.59. The molecule has 0 fully saturated rings. The molecule has 0 unspecified atom stereocenters. The molecular formula is C17H12FN. The minimum atomic E-state index is -0.250. The lowest BCUT2D eigenvalue weighted by atomic mass is 10.1. The zero-order valence-corrected chi connectivity index (χ0v) is 10.3.